The molecule has 0 saturated heterocycles. The Kier molecular flexibility index (Phi) is 4.96. The Hall–Kier alpha value is -3.35. The van der Waals surface area contributed by atoms with Crippen LogP contribution < -0.4 is 14.8 Å². The number of benzene rings is 2. The van der Waals surface area contributed by atoms with Gasteiger partial charge in [0.2, 0.25) is 5.91 Å². The number of aromatic nitrogens is 1. The van der Waals surface area contributed by atoms with Crippen molar-refractivity contribution in [1.82, 2.24) is 10.5 Å². The lowest BCUT2D eigenvalue weighted by molar-refractivity contribution is -0.123. The van der Waals surface area contributed by atoms with Crippen molar-refractivity contribution in [2.75, 3.05) is 14.2 Å². The van der Waals surface area contributed by atoms with Crippen LogP contribution >= 0.6 is 0 Å². The molecule has 1 amide bonds. The first-order chi connectivity index (χ1) is 14.1. The minimum atomic E-state index is -0.719. The number of methoxy groups -OCH3 is 2. The molecule has 1 aromatic heterocycles. The van der Waals surface area contributed by atoms with Gasteiger partial charge in [-0.1, -0.05) is 23.4 Å². The van der Waals surface area contributed by atoms with Gasteiger partial charge in [-0.15, -0.1) is 0 Å². The number of carbonyl (C=O) groups excluding carboxylic acids is 1. The number of hydrogen-bond acceptors (Lipinski definition) is 5. The van der Waals surface area contributed by atoms with E-state index >= 15 is 0 Å². The molecule has 1 N–H and O–H groups in total. The summed E-state index contributed by atoms with van der Waals surface area (Å²) >= 11 is 0. The van der Waals surface area contributed by atoms with E-state index in [1.54, 1.807) is 50.6 Å². The van der Waals surface area contributed by atoms with Gasteiger partial charge in [0.25, 0.3) is 0 Å². The molecule has 1 fully saturated rings. The zero-order chi connectivity index (χ0) is 20.4. The third kappa shape index (κ3) is 3.55. The van der Waals surface area contributed by atoms with E-state index in [0.29, 0.717) is 41.4 Å². The van der Waals surface area contributed by atoms with Gasteiger partial charge in [0, 0.05) is 23.7 Å². The van der Waals surface area contributed by atoms with Gasteiger partial charge in [0.15, 0.2) is 17.3 Å². The summed E-state index contributed by atoms with van der Waals surface area (Å²) in [5, 5.41) is 6.96. The van der Waals surface area contributed by atoms with Gasteiger partial charge in [0.05, 0.1) is 25.3 Å². The van der Waals surface area contributed by atoms with Gasteiger partial charge < -0.3 is 19.3 Å². The van der Waals surface area contributed by atoms with E-state index in [2.05, 4.69) is 10.5 Å². The molecule has 0 radical (unpaired) electrons. The number of nitrogens with one attached hydrogen (secondary N) is 1. The van der Waals surface area contributed by atoms with Crippen molar-refractivity contribution >= 4 is 5.91 Å². The summed E-state index contributed by atoms with van der Waals surface area (Å²) in [6.45, 7) is 0.133. The fourth-order valence-corrected chi connectivity index (χ4v) is 3.34. The molecule has 150 valence electrons. The third-order valence-electron chi connectivity index (χ3n) is 5.25. The van der Waals surface area contributed by atoms with Gasteiger partial charge in [-0.25, -0.2) is 4.39 Å². The fourth-order valence-electron chi connectivity index (χ4n) is 3.34. The Labute approximate surface area is 167 Å². The summed E-state index contributed by atoms with van der Waals surface area (Å²) in [6, 6.07) is 13.6. The summed E-state index contributed by atoms with van der Waals surface area (Å²) in [6.07, 6.45) is 1.35. The van der Waals surface area contributed by atoms with Crippen molar-refractivity contribution in [3.05, 3.63) is 65.6 Å². The van der Waals surface area contributed by atoms with Crippen molar-refractivity contribution in [2.45, 2.75) is 24.8 Å². The zero-order valence-corrected chi connectivity index (χ0v) is 16.2. The average molecular weight is 396 g/mol. The van der Waals surface area contributed by atoms with Gasteiger partial charge in [0.1, 0.15) is 5.82 Å². The van der Waals surface area contributed by atoms with Crippen molar-refractivity contribution in [3.8, 4) is 22.8 Å². The molecule has 0 aliphatic heterocycles. The smallest absolute Gasteiger partial charge is 0.232 e. The molecule has 1 aliphatic rings. The molecule has 1 aliphatic carbocycles. The van der Waals surface area contributed by atoms with Crippen LogP contribution in [0.25, 0.3) is 11.3 Å². The third-order valence-corrected chi connectivity index (χ3v) is 5.25. The zero-order valence-electron chi connectivity index (χ0n) is 16.2. The molecular formula is C22H21FN2O4. The number of halogens is 1. The van der Waals surface area contributed by atoms with Gasteiger partial charge in [-0.2, -0.15) is 0 Å². The highest BCUT2D eigenvalue weighted by atomic mass is 19.1. The van der Waals surface area contributed by atoms with Gasteiger partial charge >= 0.3 is 0 Å². The number of ether oxygens (including phenoxy) is 2. The summed E-state index contributed by atoms with van der Waals surface area (Å²) < 4.78 is 29.9. The van der Waals surface area contributed by atoms with Crippen LogP contribution in [0.3, 0.4) is 0 Å². The Morgan fingerprint density at radius 3 is 2.59 bits per heavy atom. The van der Waals surface area contributed by atoms with Crippen LogP contribution in [0.1, 0.15) is 24.1 Å². The van der Waals surface area contributed by atoms with Crippen LogP contribution in [0, 0.1) is 5.82 Å². The second kappa shape index (κ2) is 7.58. The number of amides is 1. The highest BCUT2D eigenvalue weighted by molar-refractivity contribution is 5.91. The molecule has 0 unspecified atom stereocenters. The first-order valence-corrected chi connectivity index (χ1v) is 9.29. The second-order valence-corrected chi connectivity index (χ2v) is 7.00. The average Bonchev–Trinajstić information content (AvgIpc) is 3.42. The maximum absolute atomic E-state index is 13.8. The first-order valence-electron chi connectivity index (χ1n) is 9.29. The minimum absolute atomic E-state index is 0.133. The predicted molar refractivity (Wildman–Crippen MR) is 104 cm³/mol. The summed E-state index contributed by atoms with van der Waals surface area (Å²) in [4.78, 5) is 12.8. The first kappa shape index (κ1) is 19.0. The molecule has 7 heteroatoms. The van der Waals surface area contributed by atoms with Crippen molar-refractivity contribution < 1.29 is 23.2 Å². The maximum atomic E-state index is 13.8. The van der Waals surface area contributed by atoms with Crippen molar-refractivity contribution in [3.63, 3.8) is 0 Å². The molecule has 0 atom stereocenters. The van der Waals surface area contributed by atoms with Crippen LogP contribution in [-0.4, -0.2) is 25.3 Å². The molecule has 1 heterocycles. The lowest BCUT2D eigenvalue weighted by atomic mass is 10.00. The van der Waals surface area contributed by atoms with Crippen molar-refractivity contribution in [1.29, 1.82) is 0 Å². The summed E-state index contributed by atoms with van der Waals surface area (Å²) in [7, 11) is 3.13. The van der Waals surface area contributed by atoms with E-state index in [9.17, 15) is 9.18 Å². The quantitative estimate of drug-likeness (QED) is 0.657. The van der Waals surface area contributed by atoms with Crippen LogP contribution in [0.5, 0.6) is 11.5 Å². The predicted octanol–water partition coefficient (Wildman–Crippen LogP) is 3.85. The maximum Gasteiger partial charge on any atom is 0.232 e. The number of nitrogens with zero attached hydrogens (tertiary/aromatic N) is 1. The lowest BCUT2D eigenvalue weighted by Gasteiger charge is -2.12. The van der Waals surface area contributed by atoms with E-state index in [1.807, 2.05) is 6.07 Å². The molecule has 3 aromatic rings. The normalized spacial score (nSPS) is 14.3. The molecule has 29 heavy (non-hydrogen) atoms. The molecule has 6 nitrogen and oxygen atoms in total. The molecular weight excluding hydrogens is 375 g/mol. The molecule has 2 aromatic carbocycles. The standard InChI is InChI=1S/C22H21FN2O4/c1-27-17-8-7-14(11-19(17)28-2)18-12-20(25-29-18)22(9-10-22)21(26)24-13-15-5-3-4-6-16(15)23/h3-8,11-12H,9-10,13H2,1-2H3,(H,24,26). The van der Waals surface area contributed by atoms with E-state index in [-0.39, 0.29) is 18.3 Å². The molecule has 4 rings (SSSR count). The second-order valence-electron chi connectivity index (χ2n) is 7.00. The van der Waals surface area contributed by atoms with E-state index in [1.165, 1.54) is 6.07 Å². The highest BCUT2D eigenvalue weighted by Crippen LogP contribution is 2.48. The molecule has 0 spiro atoms. The van der Waals surface area contributed by atoms with E-state index in [0.717, 1.165) is 5.56 Å². The van der Waals surface area contributed by atoms with Crippen LogP contribution in [-0.2, 0) is 16.8 Å². The van der Waals surface area contributed by atoms with Crippen LogP contribution in [0.4, 0.5) is 4.39 Å². The SMILES string of the molecule is COc1ccc(-c2cc(C3(C(=O)NCc4ccccc4F)CC3)no2)cc1OC. The lowest BCUT2D eigenvalue weighted by Crippen LogP contribution is -2.34. The molecule has 1 saturated carbocycles. The Morgan fingerprint density at radius 2 is 1.90 bits per heavy atom. The van der Waals surface area contributed by atoms with E-state index < -0.39 is 5.41 Å². The van der Waals surface area contributed by atoms with Crippen molar-refractivity contribution in [2.24, 2.45) is 0 Å². The Balaban J connectivity index is 1.51. The summed E-state index contributed by atoms with van der Waals surface area (Å²) in [5.74, 6) is 1.21. The van der Waals surface area contributed by atoms with Gasteiger partial charge in [-0.05, 0) is 37.1 Å². The minimum Gasteiger partial charge on any atom is -0.493 e. The largest absolute Gasteiger partial charge is 0.493 e. The van der Waals surface area contributed by atoms with Gasteiger partial charge in [-0.3, -0.25) is 4.79 Å². The summed E-state index contributed by atoms with van der Waals surface area (Å²) in [5.41, 5.74) is 1.07. The number of hydrogen-bond donors (Lipinski definition) is 1. The van der Waals surface area contributed by atoms with Crippen LogP contribution in [0.2, 0.25) is 0 Å². The topological polar surface area (TPSA) is 73.6 Å². The van der Waals surface area contributed by atoms with Crippen LogP contribution in [0.15, 0.2) is 53.1 Å². The molecule has 0 bridgehead atoms. The monoisotopic (exact) mass is 396 g/mol. The number of rotatable bonds is 7. The fraction of sp³-hybridized carbons (Fsp3) is 0.273. The number of carbonyl (C=O) groups is 1. The highest BCUT2D eigenvalue weighted by Gasteiger charge is 2.53. The Bertz CT molecular complexity index is 1040. The van der Waals surface area contributed by atoms with E-state index in [4.69, 9.17) is 14.0 Å². The Morgan fingerprint density at radius 1 is 1.14 bits per heavy atom.